The van der Waals surface area contributed by atoms with Crippen LogP contribution < -0.4 is 4.74 Å². The Morgan fingerprint density at radius 2 is 2.25 bits per heavy atom. The van der Waals surface area contributed by atoms with E-state index in [4.69, 9.17) is 4.74 Å². The molecule has 20 heavy (non-hydrogen) atoms. The molecular formula is C16H21NO3. The topological polar surface area (TPSA) is 49.8 Å². The van der Waals surface area contributed by atoms with Gasteiger partial charge in [-0.15, -0.1) is 0 Å². The van der Waals surface area contributed by atoms with Crippen molar-refractivity contribution in [1.29, 1.82) is 0 Å². The summed E-state index contributed by atoms with van der Waals surface area (Å²) in [6.45, 7) is 1.00. The Morgan fingerprint density at radius 3 is 2.95 bits per heavy atom. The lowest BCUT2D eigenvalue weighted by Crippen LogP contribution is -2.53. The van der Waals surface area contributed by atoms with Crippen molar-refractivity contribution in [3.8, 4) is 5.75 Å². The third-order valence-electron chi connectivity index (χ3n) is 4.42. The summed E-state index contributed by atoms with van der Waals surface area (Å²) in [5.41, 5.74) is 2.61. The summed E-state index contributed by atoms with van der Waals surface area (Å²) < 4.78 is 5.27. The summed E-state index contributed by atoms with van der Waals surface area (Å²) in [6, 6.07) is 6.19. The lowest BCUT2D eigenvalue weighted by atomic mass is 9.80. The number of aliphatic hydroxyl groups excluding tert-OH is 1. The predicted molar refractivity (Wildman–Crippen MR) is 75.9 cm³/mol. The average molecular weight is 275 g/mol. The highest BCUT2D eigenvalue weighted by molar-refractivity contribution is 5.78. The minimum absolute atomic E-state index is 0.170. The number of benzene rings is 1. The van der Waals surface area contributed by atoms with Gasteiger partial charge in [0, 0.05) is 19.5 Å². The van der Waals surface area contributed by atoms with Gasteiger partial charge in [0.05, 0.1) is 13.2 Å². The van der Waals surface area contributed by atoms with Crippen molar-refractivity contribution in [2.45, 2.75) is 37.7 Å². The molecule has 1 aromatic carbocycles. The number of fused-ring (bicyclic) bond motifs is 1. The Hall–Kier alpha value is -1.55. The average Bonchev–Trinajstić information content (AvgIpc) is 2.43. The van der Waals surface area contributed by atoms with E-state index in [1.807, 2.05) is 6.07 Å². The van der Waals surface area contributed by atoms with Gasteiger partial charge in [0.25, 0.3) is 0 Å². The predicted octanol–water partition coefficient (Wildman–Crippen LogP) is 1.71. The third-order valence-corrected chi connectivity index (χ3v) is 4.42. The molecule has 0 aromatic heterocycles. The molecule has 1 aliphatic carbocycles. The van der Waals surface area contributed by atoms with Gasteiger partial charge in [0.1, 0.15) is 5.75 Å². The van der Waals surface area contributed by atoms with Gasteiger partial charge in [-0.3, -0.25) is 4.79 Å². The molecule has 1 aromatic rings. The first-order valence-electron chi connectivity index (χ1n) is 7.30. The van der Waals surface area contributed by atoms with Crippen LogP contribution in [0, 0.1) is 0 Å². The van der Waals surface area contributed by atoms with E-state index in [0.717, 1.165) is 25.0 Å². The third kappa shape index (κ3) is 2.52. The van der Waals surface area contributed by atoms with Crippen molar-refractivity contribution in [2.75, 3.05) is 20.2 Å². The zero-order valence-electron chi connectivity index (χ0n) is 11.8. The number of ether oxygens (including phenoxy) is 1. The van der Waals surface area contributed by atoms with Crippen LogP contribution in [0.5, 0.6) is 5.75 Å². The Labute approximate surface area is 119 Å². The first kappa shape index (κ1) is 13.4. The number of nitrogens with zero attached hydrogens (tertiary/aromatic N) is 1. The van der Waals surface area contributed by atoms with Crippen molar-refractivity contribution in [3.05, 3.63) is 29.3 Å². The standard InChI is InChI=1S/C16H21NO3/c1-20-14-5-6-15-11(7-14)3-2-4-12(15)8-16(19)17-9-13(18)10-17/h5-7,12-13,18H,2-4,8-10H2,1H3. The molecule has 1 aliphatic heterocycles. The Kier molecular flexibility index (Phi) is 3.66. The number of aliphatic hydroxyl groups is 1. The molecule has 1 N–H and O–H groups in total. The van der Waals surface area contributed by atoms with E-state index in [2.05, 4.69) is 12.1 Å². The number of aryl methyl sites for hydroxylation is 1. The quantitative estimate of drug-likeness (QED) is 0.913. The molecule has 1 heterocycles. The summed E-state index contributed by atoms with van der Waals surface area (Å²) in [4.78, 5) is 13.9. The molecule has 1 atom stereocenters. The maximum absolute atomic E-state index is 12.2. The van der Waals surface area contributed by atoms with E-state index >= 15 is 0 Å². The number of carbonyl (C=O) groups excluding carboxylic acids is 1. The smallest absolute Gasteiger partial charge is 0.223 e. The van der Waals surface area contributed by atoms with Gasteiger partial charge in [-0.2, -0.15) is 0 Å². The van der Waals surface area contributed by atoms with Gasteiger partial charge in [0.2, 0.25) is 5.91 Å². The van der Waals surface area contributed by atoms with Gasteiger partial charge in [-0.1, -0.05) is 6.07 Å². The molecule has 1 fully saturated rings. The maximum Gasteiger partial charge on any atom is 0.223 e. The fraction of sp³-hybridized carbons (Fsp3) is 0.562. The van der Waals surface area contributed by atoms with E-state index in [1.165, 1.54) is 11.1 Å². The van der Waals surface area contributed by atoms with Crippen molar-refractivity contribution in [1.82, 2.24) is 4.90 Å². The maximum atomic E-state index is 12.2. The second kappa shape index (κ2) is 5.44. The molecule has 1 unspecified atom stereocenters. The van der Waals surface area contributed by atoms with Crippen LogP contribution in [0.15, 0.2) is 18.2 Å². The first-order chi connectivity index (χ1) is 9.67. The Morgan fingerprint density at radius 1 is 1.45 bits per heavy atom. The number of β-amino-alcohol motifs (C(OH)–C–C–N with tert-alkyl or cyclic N) is 1. The zero-order chi connectivity index (χ0) is 14.1. The summed E-state index contributed by atoms with van der Waals surface area (Å²) >= 11 is 0. The molecule has 3 rings (SSSR count). The van der Waals surface area contributed by atoms with Crippen molar-refractivity contribution >= 4 is 5.91 Å². The summed E-state index contributed by atoms with van der Waals surface area (Å²) in [5, 5.41) is 9.28. The number of amides is 1. The number of rotatable bonds is 3. The van der Waals surface area contributed by atoms with E-state index in [0.29, 0.717) is 25.4 Å². The van der Waals surface area contributed by atoms with Gasteiger partial charge in [-0.05, 0) is 48.4 Å². The number of carbonyl (C=O) groups is 1. The zero-order valence-corrected chi connectivity index (χ0v) is 11.8. The van der Waals surface area contributed by atoms with Crippen LogP contribution in [0.1, 0.15) is 36.3 Å². The summed E-state index contributed by atoms with van der Waals surface area (Å²) in [7, 11) is 1.68. The molecule has 1 amide bonds. The minimum atomic E-state index is -0.318. The van der Waals surface area contributed by atoms with Crippen LogP contribution in [0.2, 0.25) is 0 Å². The second-order valence-electron chi connectivity index (χ2n) is 5.81. The summed E-state index contributed by atoms with van der Waals surface area (Å²) in [6.07, 6.45) is 3.51. The highest BCUT2D eigenvalue weighted by atomic mass is 16.5. The highest BCUT2D eigenvalue weighted by Gasteiger charge is 2.31. The number of hydrogen-bond acceptors (Lipinski definition) is 3. The first-order valence-corrected chi connectivity index (χ1v) is 7.30. The normalized spacial score (nSPS) is 22.1. The van der Waals surface area contributed by atoms with Crippen LogP contribution in [0.25, 0.3) is 0 Å². The van der Waals surface area contributed by atoms with Crippen molar-refractivity contribution < 1.29 is 14.6 Å². The molecule has 2 aliphatic rings. The molecule has 4 nitrogen and oxygen atoms in total. The second-order valence-corrected chi connectivity index (χ2v) is 5.81. The molecule has 0 bridgehead atoms. The molecule has 4 heteroatoms. The summed E-state index contributed by atoms with van der Waals surface area (Å²) in [5.74, 6) is 1.38. The van der Waals surface area contributed by atoms with E-state index in [9.17, 15) is 9.90 Å². The monoisotopic (exact) mass is 275 g/mol. The SMILES string of the molecule is COc1ccc2c(c1)CCCC2CC(=O)N1CC(O)C1. The van der Waals surface area contributed by atoms with E-state index in [-0.39, 0.29) is 12.0 Å². The van der Waals surface area contributed by atoms with Gasteiger partial charge in [-0.25, -0.2) is 0 Å². The van der Waals surface area contributed by atoms with Crippen LogP contribution >= 0.6 is 0 Å². The number of methoxy groups -OCH3 is 1. The van der Waals surface area contributed by atoms with Gasteiger partial charge >= 0.3 is 0 Å². The minimum Gasteiger partial charge on any atom is -0.497 e. The van der Waals surface area contributed by atoms with Crippen LogP contribution in [0.4, 0.5) is 0 Å². The number of hydrogen-bond donors (Lipinski definition) is 1. The molecule has 0 radical (unpaired) electrons. The van der Waals surface area contributed by atoms with Crippen LogP contribution in [-0.2, 0) is 11.2 Å². The molecule has 108 valence electrons. The van der Waals surface area contributed by atoms with Gasteiger partial charge in [0.15, 0.2) is 0 Å². The van der Waals surface area contributed by atoms with Crippen molar-refractivity contribution in [3.63, 3.8) is 0 Å². The largest absolute Gasteiger partial charge is 0.497 e. The lowest BCUT2D eigenvalue weighted by Gasteiger charge is -2.37. The Balaban J connectivity index is 1.71. The molecular weight excluding hydrogens is 254 g/mol. The van der Waals surface area contributed by atoms with Crippen LogP contribution in [-0.4, -0.2) is 42.2 Å². The Bertz CT molecular complexity index is 508. The van der Waals surface area contributed by atoms with Crippen LogP contribution in [0.3, 0.4) is 0 Å². The fourth-order valence-corrected chi connectivity index (χ4v) is 3.23. The highest BCUT2D eigenvalue weighted by Crippen LogP contribution is 2.36. The van der Waals surface area contributed by atoms with Gasteiger partial charge < -0.3 is 14.7 Å². The fourth-order valence-electron chi connectivity index (χ4n) is 3.23. The molecule has 0 spiro atoms. The van der Waals surface area contributed by atoms with Crippen molar-refractivity contribution in [2.24, 2.45) is 0 Å². The van der Waals surface area contributed by atoms with E-state index in [1.54, 1.807) is 12.0 Å². The molecule has 0 saturated carbocycles. The number of likely N-dealkylation sites (tertiary alicyclic amines) is 1. The lowest BCUT2D eigenvalue weighted by molar-refractivity contribution is -0.141. The molecule has 1 saturated heterocycles. The van der Waals surface area contributed by atoms with E-state index < -0.39 is 0 Å².